The first-order valence-corrected chi connectivity index (χ1v) is 8.97. The number of halogens is 3. The van der Waals surface area contributed by atoms with E-state index in [1.54, 1.807) is 22.5 Å². The van der Waals surface area contributed by atoms with E-state index in [9.17, 15) is 0 Å². The van der Waals surface area contributed by atoms with Crippen molar-refractivity contribution < 1.29 is 4.42 Å². The minimum atomic E-state index is 0. The van der Waals surface area contributed by atoms with Gasteiger partial charge in [0.2, 0.25) is 5.16 Å². The van der Waals surface area contributed by atoms with E-state index in [4.69, 9.17) is 27.6 Å². The molecule has 25 heavy (non-hydrogen) atoms. The molecule has 0 saturated heterocycles. The maximum Gasteiger partial charge on any atom is 0.209 e. The van der Waals surface area contributed by atoms with Gasteiger partial charge in [-0.2, -0.15) is 0 Å². The van der Waals surface area contributed by atoms with Crippen molar-refractivity contribution in [3.05, 3.63) is 46.1 Å². The van der Waals surface area contributed by atoms with Crippen molar-refractivity contribution >= 4 is 47.4 Å². The first-order chi connectivity index (χ1) is 11.6. The number of thioether (sulfide) groups is 1. The molecule has 0 saturated carbocycles. The molecular formula is C15H16Cl3N5OS. The monoisotopic (exact) mass is 419 g/mol. The molecular weight excluding hydrogens is 405 g/mol. The topological polar surface area (TPSA) is 68.8 Å². The molecule has 0 radical (unpaired) electrons. The Morgan fingerprint density at radius 1 is 1.20 bits per heavy atom. The van der Waals surface area contributed by atoms with E-state index in [0.717, 1.165) is 34.5 Å². The standard InChI is InChI=1S/C15H15Cl2N5OS.ClH/c1-22-15(19-20-21-22)24-5-4-18-9-13-2-3-14(23-13)10-6-11(16)8-12(17)7-10;/h2-3,6-8,18H,4-5,9H2,1H3;1H. The maximum atomic E-state index is 6.02. The van der Waals surface area contributed by atoms with Crippen molar-refractivity contribution in [2.45, 2.75) is 11.7 Å². The minimum Gasteiger partial charge on any atom is -0.460 e. The lowest BCUT2D eigenvalue weighted by molar-refractivity contribution is 0.499. The van der Waals surface area contributed by atoms with Crippen LogP contribution in [0.3, 0.4) is 0 Å². The zero-order chi connectivity index (χ0) is 16.9. The van der Waals surface area contributed by atoms with Crippen molar-refractivity contribution in [2.24, 2.45) is 7.05 Å². The van der Waals surface area contributed by atoms with Crippen LogP contribution < -0.4 is 5.32 Å². The van der Waals surface area contributed by atoms with Crippen LogP contribution in [0, 0.1) is 0 Å². The lowest BCUT2D eigenvalue weighted by Crippen LogP contribution is -2.16. The highest BCUT2D eigenvalue weighted by Crippen LogP contribution is 2.28. The molecule has 0 fully saturated rings. The van der Waals surface area contributed by atoms with Gasteiger partial charge in [-0.1, -0.05) is 35.0 Å². The Balaban J connectivity index is 0.00000225. The van der Waals surface area contributed by atoms with Crippen molar-refractivity contribution in [2.75, 3.05) is 12.3 Å². The third-order valence-corrected chi connectivity index (χ3v) is 4.65. The summed E-state index contributed by atoms with van der Waals surface area (Å²) in [6, 6.07) is 9.21. The van der Waals surface area contributed by atoms with Gasteiger partial charge in [-0.05, 0) is 40.8 Å². The van der Waals surface area contributed by atoms with Crippen molar-refractivity contribution in [1.82, 2.24) is 25.5 Å². The van der Waals surface area contributed by atoms with Gasteiger partial charge < -0.3 is 9.73 Å². The summed E-state index contributed by atoms with van der Waals surface area (Å²) in [4.78, 5) is 0. The van der Waals surface area contributed by atoms with E-state index < -0.39 is 0 Å². The molecule has 0 aliphatic rings. The predicted octanol–water partition coefficient (Wildman–Crippen LogP) is 4.08. The smallest absolute Gasteiger partial charge is 0.209 e. The normalized spacial score (nSPS) is 10.7. The maximum absolute atomic E-state index is 6.02. The van der Waals surface area contributed by atoms with Gasteiger partial charge in [-0.25, -0.2) is 4.68 Å². The van der Waals surface area contributed by atoms with Gasteiger partial charge in [0.1, 0.15) is 11.5 Å². The Kier molecular flexibility index (Phi) is 7.58. The molecule has 0 unspecified atom stereocenters. The first kappa shape index (κ1) is 20.1. The molecule has 0 aliphatic heterocycles. The minimum absolute atomic E-state index is 0. The second kappa shape index (κ2) is 9.45. The number of aryl methyl sites for hydroxylation is 1. The summed E-state index contributed by atoms with van der Waals surface area (Å²) in [7, 11) is 1.82. The highest BCUT2D eigenvalue weighted by atomic mass is 35.5. The van der Waals surface area contributed by atoms with Crippen molar-refractivity contribution in [3.63, 3.8) is 0 Å². The van der Waals surface area contributed by atoms with Gasteiger partial charge in [-0.3, -0.25) is 0 Å². The lowest BCUT2D eigenvalue weighted by Gasteiger charge is -2.03. The van der Waals surface area contributed by atoms with E-state index in [1.165, 1.54) is 0 Å². The second-order valence-electron chi connectivity index (χ2n) is 5.03. The van der Waals surface area contributed by atoms with Gasteiger partial charge >= 0.3 is 0 Å². The van der Waals surface area contributed by atoms with E-state index in [1.807, 2.05) is 31.3 Å². The highest BCUT2D eigenvalue weighted by Gasteiger charge is 2.07. The third-order valence-electron chi connectivity index (χ3n) is 3.20. The first-order valence-electron chi connectivity index (χ1n) is 7.23. The molecule has 1 aromatic carbocycles. The van der Waals surface area contributed by atoms with Gasteiger partial charge in [-0.15, -0.1) is 17.5 Å². The Hall–Kier alpha value is -1.25. The quantitative estimate of drug-likeness (QED) is 0.459. The average molecular weight is 421 g/mol. The SMILES string of the molecule is Cl.Cn1nnnc1SCCNCc1ccc(-c2cc(Cl)cc(Cl)c2)o1. The number of tetrazole rings is 1. The number of hydrogen-bond donors (Lipinski definition) is 1. The largest absolute Gasteiger partial charge is 0.460 e. The fraction of sp³-hybridized carbons (Fsp3) is 0.267. The molecule has 0 spiro atoms. The summed E-state index contributed by atoms with van der Waals surface area (Å²) >= 11 is 13.6. The van der Waals surface area contributed by atoms with Crippen LogP contribution in [0.15, 0.2) is 39.9 Å². The number of aromatic nitrogens is 4. The van der Waals surface area contributed by atoms with Crippen molar-refractivity contribution in [3.8, 4) is 11.3 Å². The Morgan fingerprint density at radius 3 is 2.64 bits per heavy atom. The second-order valence-corrected chi connectivity index (χ2v) is 6.97. The van der Waals surface area contributed by atoms with Gasteiger partial charge in [0.05, 0.1) is 6.54 Å². The molecule has 0 amide bonds. The molecule has 3 aromatic rings. The zero-order valence-corrected chi connectivity index (χ0v) is 16.4. The van der Waals surface area contributed by atoms with Crippen LogP contribution in [0.4, 0.5) is 0 Å². The molecule has 6 nitrogen and oxygen atoms in total. The average Bonchev–Trinajstić information content (AvgIpc) is 3.15. The molecule has 2 heterocycles. The zero-order valence-electron chi connectivity index (χ0n) is 13.3. The van der Waals surface area contributed by atoms with Gasteiger partial charge in [0, 0.05) is 35.0 Å². The number of benzene rings is 1. The molecule has 134 valence electrons. The Morgan fingerprint density at radius 2 is 1.96 bits per heavy atom. The van der Waals surface area contributed by atoms with Crippen LogP contribution in [-0.4, -0.2) is 32.5 Å². The highest BCUT2D eigenvalue weighted by molar-refractivity contribution is 7.99. The van der Waals surface area contributed by atoms with Gasteiger partial charge in [0.15, 0.2) is 0 Å². The Bertz CT molecular complexity index is 803. The van der Waals surface area contributed by atoms with Crippen LogP contribution in [0.5, 0.6) is 0 Å². The fourth-order valence-electron chi connectivity index (χ4n) is 2.09. The van der Waals surface area contributed by atoms with Gasteiger partial charge in [0.25, 0.3) is 0 Å². The van der Waals surface area contributed by atoms with Crippen LogP contribution in [-0.2, 0) is 13.6 Å². The number of furan rings is 1. The van der Waals surface area contributed by atoms with Crippen LogP contribution in [0.25, 0.3) is 11.3 Å². The molecule has 0 atom stereocenters. The number of nitrogens with one attached hydrogen (secondary N) is 1. The van der Waals surface area contributed by atoms with E-state index >= 15 is 0 Å². The van der Waals surface area contributed by atoms with E-state index in [0.29, 0.717) is 16.6 Å². The lowest BCUT2D eigenvalue weighted by atomic mass is 10.2. The van der Waals surface area contributed by atoms with E-state index in [-0.39, 0.29) is 12.4 Å². The van der Waals surface area contributed by atoms with E-state index in [2.05, 4.69) is 20.8 Å². The number of hydrogen-bond acceptors (Lipinski definition) is 6. The summed E-state index contributed by atoms with van der Waals surface area (Å²) in [5.74, 6) is 2.47. The predicted molar refractivity (Wildman–Crippen MR) is 103 cm³/mol. The fourth-order valence-corrected chi connectivity index (χ4v) is 3.37. The molecule has 0 aliphatic carbocycles. The summed E-state index contributed by atoms with van der Waals surface area (Å²) in [5, 5.41) is 16.6. The van der Waals surface area contributed by atoms with Crippen LogP contribution >= 0.6 is 47.4 Å². The molecule has 2 aromatic heterocycles. The summed E-state index contributed by atoms with van der Waals surface area (Å²) in [6.07, 6.45) is 0. The Labute approximate surface area is 165 Å². The molecule has 1 N–H and O–H groups in total. The molecule has 0 bridgehead atoms. The van der Waals surface area contributed by atoms with Crippen LogP contribution in [0.1, 0.15) is 5.76 Å². The number of nitrogens with zero attached hydrogens (tertiary/aromatic N) is 4. The summed E-state index contributed by atoms with van der Waals surface area (Å²) in [5.41, 5.74) is 0.865. The van der Waals surface area contributed by atoms with Crippen molar-refractivity contribution in [1.29, 1.82) is 0 Å². The molecule has 3 rings (SSSR count). The third kappa shape index (κ3) is 5.62. The van der Waals surface area contributed by atoms with Crippen LogP contribution in [0.2, 0.25) is 10.0 Å². The number of rotatable bonds is 7. The molecule has 10 heteroatoms. The summed E-state index contributed by atoms with van der Waals surface area (Å²) < 4.78 is 7.48. The summed E-state index contributed by atoms with van der Waals surface area (Å²) in [6.45, 7) is 1.46.